The maximum absolute atomic E-state index is 11.9. The Bertz CT molecular complexity index is 744. The normalized spacial score (nSPS) is 10.3. The molecule has 0 aromatic heterocycles. The Hall–Kier alpha value is -1.85. The summed E-state index contributed by atoms with van der Waals surface area (Å²) in [6, 6.07) is 10.4. The van der Waals surface area contributed by atoms with E-state index in [9.17, 15) is 9.59 Å². The van der Waals surface area contributed by atoms with Crippen LogP contribution in [-0.2, 0) is 9.53 Å². The molecule has 23 heavy (non-hydrogen) atoms. The Kier molecular flexibility index (Phi) is 5.80. The minimum absolute atomic E-state index is 0.361. The summed E-state index contributed by atoms with van der Waals surface area (Å²) in [5.74, 6) is -0.960. The molecular formula is C17H15BrClNO3. The van der Waals surface area contributed by atoms with Crippen LogP contribution in [0.5, 0.6) is 0 Å². The highest BCUT2D eigenvalue weighted by Gasteiger charge is 2.12. The van der Waals surface area contributed by atoms with E-state index in [0.717, 1.165) is 15.6 Å². The first-order valence-corrected chi connectivity index (χ1v) is 8.03. The monoisotopic (exact) mass is 395 g/mol. The number of nitrogens with one attached hydrogen (secondary N) is 1. The van der Waals surface area contributed by atoms with Gasteiger partial charge in [-0.15, -0.1) is 0 Å². The van der Waals surface area contributed by atoms with Gasteiger partial charge in [0.25, 0.3) is 5.91 Å². The first-order valence-electron chi connectivity index (χ1n) is 6.86. The lowest BCUT2D eigenvalue weighted by Gasteiger charge is -2.10. The van der Waals surface area contributed by atoms with Gasteiger partial charge < -0.3 is 10.1 Å². The summed E-state index contributed by atoms with van der Waals surface area (Å²) < 4.78 is 5.75. The summed E-state index contributed by atoms with van der Waals surface area (Å²) in [6.45, 7) is 3.41. The van der Waals surface area contributed by atoms with E-state index in [-0.39, 0.29) is 6.61 Å². The molecule has 0 saturated heterocycles. The van der Waals surface area contributed by atoms with E-state index in [2.05, 4.69) is 21.2 Å². The van der Waals surface area contributed by atoms with Crippen molar-refractivity contribution >= 4 is 45.1 Å². The van der Waals surface area contributed by atoms with Crippen molar-refractivity contribution in [1.29, 1.82) is 0 Å². The van der Waals surface area contributed by atoms with E-state index < -0.39 is 11.9 Å². The van der Waals surface area contributed by atoms with Crippen LogP contribution in [0.2, 0.25) is 5.02 Å². The minimum Gasteiger partial charge on any atom is -0.452 e. The summed E-state index contributed by atoms with van der Waals surface area (Å²) in [4.78, 5) is 23.8. The third kappa shape index (κ3) is 4.81. The average molecular weight is 397 g/mol. The van der Waals surface area contributed by atoms with Crippen LogP contribution in [0.15, 0.2) is 40.9 Å². The van der Waals surface area contributed by atoms with E-state index in [0.29, 0.717) is 16.3 Å². The number of rotatable bonds is 4. The molecule has 0 fully saturated rings. The molecule has 1 amide bonds. The Morgan fingerprint density at radius 3 is 2.48 bits per heavy atom. The van der Waals surface area contributed by atoms with Crippen molar-refractivity contribution in [2.45, 2.75) is 13.8 Å². The van der Waals surface area contributed by atoms with Gasteiger partial charge in [-0.05, 0) is 59.6 Å². The predicted octanol–water partition coefficient (Wildman–Crippen LogP) is 4.51. The first kappa shape index (κ1) is 17.5. The molecule has 2 aromatic carbocycles. The molecule has 0 bridgehead atoms. The second-order valence-electron chi connectivity index (χ2n) is 5.07. The molecule has 2 rings (SSSR count). The number of aryl methyl sites for hydroxylation is 2. The zero-order chi connectivity index (χ0) is 17.0. The van der Waals surface area contributed by atoms with Crippen molar-refractivity contribution < 1.29 is 14.3 Å². The molecule has 1 N–H and O–H groups in total. The molecule has 0 aliphatic rings. The molecule has 0 radical (unpaired) electrons. The second kappa shape index (κ2) is 7.62. The van der Waals surface area contributed by atoms with Crippen LogP contribution in [0, 0.1) is 13.8 Å². The highest BCUT2D eigenvalue weighted by molar-refractivity contribution is 9.10. The van der Waals surface area contributed by atoms with Crippen LogP contribution >= 0.6 is 27.5 Å². The number of anilines is 1. The molecule has 0 atom stereocenters. The fourth-order valence-corrected chi connectivity index (χ4v) is 2.49. The second-order valence-corrected chi connectivity index (χ2v) is 6.33. The minimum atomic E-state index is -0.536. The zero-order valence-corrected chi connectivity index (χ0v) is 15.0. The Morgan fingerprint density at radius 2 is 1.83 bits per heavy atom. The number of benzene rings is 2. The van der Waals surface area contributed by atoms with Gasteiger partial charge in [-0.3, -0.25) is 4.79 Å². The highest BCUT2D eigenvalue weighted by atomic mass is 79.9. The SMILES string of the molecule is Cc1ccc(C(=O)OCC(=O)Nc2cc(Cl)c(Br)cc2C)cc1. The topological polar surface area (TPSA) is 55.4 Å². The molecule has 2 aromatic rings. The predicted molar refractivity (Wildman–Crippen MR) is 94.0 cm³/mol. The lowest BCUT2D eigenvalue weighted by Crippen LogP contribution is -2.21. The number of carbonyl (C=O) groups excluding carboxylic acids is 2. The number of esters is 1. The van der Waals surface area contributed by atoms with Gasteiger partial charge in [0, 0.05) is 10.2 Å². The fourth-order valence-electron chi connectivity index (χ4n) is 1.87. The van der Waals surface area contributed by atoms with Crippen LogP contribution in [0.1, 0.15) is 21.5 Å². The number of halogens is 2. The van der Waals surface area contributed by atoms with Crippen molar-refractivity contribution in [2.75, 3.05) is 11.9 Å². The van der Waals surface area contributed by atoms with Gasteiger partial charge in [0.15, 0.2) is 6.61 Å². The van der Waals surface area contributed by atoms with Crippen LogP contribution in [0.4, 0.5) is 5.69 Å². The quantitative estimate of drug-likeness (QED) is 0.773. The first-order chi connectivity index (χ1) is 10.9. The molecule has 0 unspecified atom stereocenters. The third-order valence-electron chi connectivity index (χ3n) is 3.16. The van der Waals surface area contributed by atoms with Crippen LogP contribution in [-0.4, -0.2) is 18.5 Å². The van der Waals surface area contributed by atoms with Crippen molar-refractivity contribution in [3.05, 3.63) is 62.6 Å². The number of hydrogen-bond donors (Lipinski definition) is 1. The van der Waals surface area contributed by atoms with Gasteiger partial charge in [-0.25, -0.2) is 4.79 Å². The molecule has 0 spiro atoms. The van der Waals surface area contributed by atoms with E-state index in [1.807, 2.05) is 26.0 Å². The van der Waals surface area contributed by atoms with Crippen LogP contribution < -0.4 is 5.32 Å². The Balaban J connectivity index is 1.94. The molecule has 4 nitrogen and oxygen atoms in total. The maximum atomic E-state index is 11.9. The van der Waals surface area contributed by atoms with Gasteiger partial charge in [0.1, 0.15) is 0 Å². The van der Waals surface area contributed by atoms with E-state index in [1.54, 1.807) is 24.3 Å². The summed E-state index contributed by atoms with van der Waals surface area (Å²) >= 11 is 9.32. The number of amides is 1. The average Bonchev–Trinajstić information content (AvgIpc) is 2.51. The zero-order valence-electron chi connectivity index (χ0n) is 12.7. The molecular weight excluding hydrogens is 382 g/mol. The number of carbonyl (C=O) groups is 2. The standard InChI is InChI=1S/C17H15BrClNO3/c1-10-3-5-12(6-4-10)17(22)23-9-16(21)20-15-8-14(19)13(18)7-11(15)2/h3-8H,9H2,1-2H3,(H,20,21). The van der Waals surface area contributed by atoms with Crippen molar-refractivity contribution in [3.63, 3.8) is 0 Å². The van der Waals surface area contributed by atoms with Gasteiger partial charge in [0.05, 0.1) is 10.6 Å². The van der Waals surface area contributed by atoms with Crippen molar-refractivity contribution in [1.82, 2.24) is 0 Å². The summed E-state index contributed by atoms with van der Waals surface area (Å²) in [7, 11) is 0. The third-order valence-corrected chi connectivity index (χ3v) is 4.36. The van der Waals surface area contributed by atoms with Crippen LogP contribution in [0.3, 0.4) is 0 Å². The summed E-state index contributed by atoms with van der Waals surface area (Å²) in [6.07, 6.45) is 0. The summed E-state index contributed by atoms with van der Waals surface area (Å²) in [5, 5.41) is 3.16. The van der Waals surface area contributed by atoms with Gasteiger partial charge in [0.2, 0.25) is 0 Å². The highest BCUT2D eigenvalue weighted by Crippen LogP contribution is 2.28. The van der Waals surface area contributed by atoms with Crippen LogP contribution in [0.25, 0.3) is 0 Å². The molecule has 0 aliphatic heterocycles. The smallest absolute Gasteiger partial charge is 0.338 e. The van der Waals surface area contributed by atoms with Gasteiger partial charge in [-0.2, -0.15) is 0 Å². The number of ether oxygens (including phenoxy) is 1. The molecule has 120 valence electrons. The maximum Gasteiger partial charge on any atom is 0.338 e. The number of hydrogen-bond acceptors (Lipinski definition) is 3. The molecule has 6 heteroatoms. The van der Waals surface area contributed by atoms with Crippen molar-refractivity contribution in [2.24, 2.45) is 0 Å². The molecule has 0 heterocycles. The van der Waals surface area contributed by atoms with Gasteiger partial charge in [-0.1, -0.05) is 29.3 Å². The lowest BCUT2D eigenvalue weighted by molar-refractivity contribution is -0.119. The Labute approximate surface area is 147 Å². The van der Waals surface area contributed by atoms with E-state index >= 15 is 0 Å². The molecule has 0 aliphatic carbocycles. The summed E-state index contributed by atoms with van der Waals surface area (Å²) in [5.41, 5.74) is 2.88. The molecule has 0 saturated carbocycles. The van der Waals surface area contributed by atoms with E-state index in [1.165, 1.54) is 0 Å². The largest absolute Gasteiger partial charge is 0.452 e. The van der Waals surface area contributed by atoms with Gasteiger partial charge >= 0.3 is 5.97 Å². The van der Waals surface area contributed by atoms with Crippen molar-refractivity contribution in [3.8, 4) is 0 Å². The van der Waals surface area contributed by atoms with E-state index in [4.69, 9.17) is 16.3 Å². The lowest BCUT2D eigenvalue weighted by atomic mass is 10.1. The fraction of sp³-hybridized carbons (Fsp3) is 0.176. The Morgan fingerprint density at radius 1 is 1.17 bits per heavy atom.